The van der Waals surface area contributed by atoms with Crippen LogP contribution in [0.15, 0.2) is 67.6 Å². The van der Waals surface area contributed by atoms with Crippen LogP contribution in [0, 0.1) is 0 Å². The molecule has 1 aromatic carbocycles. The van der Waals surface area contributed by atoms with E-state index in [1.54, 1.807) is 24.8 Å². The summed E-state index contributed by atoms with van der Waals surface area (Å²) in [6.45, 7) is 1.32. The van der Waals surface area contributed by atoms with Gasteiger partial charge in [-0.15, -0.1) is 0 Å². The highest BCUT2D eigenvalue weighted by Gasteiger charge is 2.55. The second-order valence-electron chi connectivity index (χ2n) is 10.6. The van der Waals surface area contributed by atoms with Crippen LogP contribution in [0.25, 0.3) is 21.9 Å². The Bertz CT molecular complexity index is 1580. The Morgan fingerprint density at radius 3 is 2.47 bits per heavy atom. The Morgan fingerprint density at radius 2 is 1.71 bits per heavy atom. The highest BCUT2D eigenvalue weighted by Crippen LogP contribution is 2.49. The van der Waals surface area contributed by atoms with Crippen LogP contribution in [-0.2, 0) is 21.5 Å². The fraction of sp³-hybridized carbons (Fsp3) is 0.310. The van der Waals surface area contributed by atoms with Crippen LogP contribution < -0.4 is 10.6 Å². The zero-order valence-corrected chi connectivity index (χ0v) is 20.9. The molecule has 2 N–H and O–H groups in total. The fourth-order valence-electron chi connectivity index (χ4n) is 6.11. The quantitative estimate of drug-likeness (QED) is 0.453. The number of nitrogens with two attached hydrogens (primary N) is 1. The summed E-state index contributed by atoms with van der Waals surface area (Å²) in [6.07, 6.45) is 13.0. The first kappa shape index (κ1) is 22.9. The van der Waals surface area contributed by atoms with E-state index in [1.807, 2.05) is 40.3 Å². The Hall–Kier alpha value is -4.24. The number of aromatic nitrogens is 4. The van der Waals surface area contributed by atoms with E-state index in [9.17, 15) is 9.59 Å². The maximum atomic E-state index is 14.3. The molecule has 9 heteroatoms. The van der Waals surface area contributed by atoms with Crippen molar-refractivity contribution in [3.05, 3.63) is 78.9 Å². The summed E-state index contributed by atoms with van der Waals surface area (Å²) in [4.78, 5) is 48.4. The van der Waals surface area contributed by atoms with Crippen LogP contribution in [0.5, 0.6) is 0 Å². The third-order valence-corrected chi connectivity index (χ3v) is 8.42. The van der Waals surface area contributed by atoms with Gasteiger partial charge in [0.2, 0.25) is 11.8 Å². The molecule has 0 unspecified atom stereocenters. The zero-order chi connectivity index (χ0) is 25.9. The molecule has 2 fully saturated rings. The Labute approximate surface area is 219 Å². The molecule has 1 spiro atoms. The van der Waals surface area contributed by atoms with Gasteiger partial charge in [0.15, 0.2) is 0 Å². The highest BCUT2D eigenvalue weighted by atomic mass is 16.2. The van der Waals surface area contributed by atoms with Gasteiger partial charge in [-0.25, -0.2) is 9.97 Å². The van der Waals surface area contributed by atoms with Crippen LogP contribution >= 0.6 is 0 Å². The smallest absolute Gasteiger partial charge is 0.242 e. The highest BCUT2D eigenvalue weighted by molar-refractivity contribution is 6.08. The molecule has 3 aliphatic rings. The minimum absolute atomic E-state index is 0.0136. The monoisotopic (exact) mass is 505 g/mol. The molecule has 38 heavy (non-hydrogen) atoms. The van der Waals surface area contributed by atoms with Crippen molar-refractivity contribution in [3.8, 4) is 11.1 Å². The van der Waals surface area contributed by atoms with Crippen molar-refractivity contribution in [2.24, 2.45) is 5.73 Å². The number of anilines is 1. The lowest BCUT2D eigenvalue weighted by atomic mass is 9.74. The van der Waals surface area contributed by atoms with E-state index in [4.69, 9.17) is 10.7 Å². The summed E-state index contributed by atoms with van der Waals surface area (Å²) in [7, 11) is 0. The lowest BCUT2D eigenvalue weighted by Gasteiger charge is -2.39. The minimum atomic E-state index is -0.697. The van der Waals surface area contributed by atoms with Gasteiger partial charge in [-0.05, 0) is 42.7 Å². The van der Waals surface area contributed by atoms with Gasteiger partial charge >= 0.3 is 0 Å². The Morgan fingerprint density at radius 1 is 0.947 bits per heavy atom. The van der Waals surface area contributed by atoms with Crippen LogP contribution in [0.3, 0.4) is 0 Å². The third kappa shape index (κ3) is 3.42. The number of likely N-dealkylation sites (tertiary alicyclic amines) is 1. The molecule has 1 aliphatic carbocycles. The third-order valence-electron chi connectivity index (χ3n) is 8.42. The molecule has 0 bridgehead atoms. The summed E-state index contributed by atoms with van der Waals surface area (Å²) in [6, 6.07) is 10.0. The van der Waals surface area contributed by atoms with Gasteiger partial charge < -0.3 is 15.5 Å². The predicted molar refractivity (Wildman–Crippen MR) is 142 cm³/mol. The number of benzene rings is 1. The average molecular weight is 506 g/mol. The number of hydrogen-bond donors (Lipinski definition) is 1. The molecular formula is C29H27N7O2. The molecule has 4 aromatic rings. The van der Waals surface area contributed by atoms with Crippen LogP contribution in [0.4, 0.5) is 5.69 Å². The van der Waals surface area contributed by atoms with Crippen LogP contribution in [0.1, 0.15) is 36.9 Å². The molecular weight excluding hydrogens is 478 g/mol. The Balaban J connectivity index is 1.26. The SMILES string of the molecule is NC1(C(=O)N2CCC3(CC2)C(=O)N(Cc2ncc4ccccc4c2-c2cncnc2)c2cnccc23)CC1. The lowest BCUT2D eigenvalue weighted by molar-refractivity contribution is -0.137. The zero-order valence-electron chi connectivity index (χ0n) is 20.9. The standard InChI is InChI=1S/C29H27N7O2/c30-29(6-7-29)27(38)35-11-8-28(9-12-35)22-5-10-31-16-24(22)36(26(28)37)17-23-25(20-13-32-18-33-14-20)21-4-2-1-3-19(21)15-34-23/h1-5,10,13-16,18H,6-9,11-12,17,30H2. The summed E-state index contributed by atoms with van der Waals surface area (Å²) in [5, 5.41) is 2.04. The van der Waals surface area contributed by atoms with Gasteiger partial charge in [0.1, 0.15) is 6.33 Å². The number of pyridine rings is 2. The second-order valence-corrected chi connectivity index (χ2v) is 10.6. The molecule has 9 nitrogen and oxygen atoms in total. The number of carbonyl (C=O) groups is 2. The normalized spacial score (nSPS) is 19.1. The van der Waals surface area contributed by atoms with E-state index in [0.29, 0.717) is 32.5 Å². The molecule has 2 aliphatic heterocycles. The van der Waals surface area contributed by atoms with E-state index < -0.39 is 11.0 Å². The van der Waals surface area contributed by atoms with Crippen molar-refractivity contribution in [2.45, 2.75) is 43.2 Å². The van der Waals surface area contributed by atoms with Crippen molar-refractivity contribution >= 4 is 28.3 Å². The summed E-state index contributed by atoms with van der Waals surface area (Å²) >= 11 is 0. The maximum Gasteiger partial charge on any atom is 0.242 e. The van der Waals surface area contributed by atoms with E-state index in [0.717, 1.165) is 51.7 Å². The largest absolute Gasteiger partial charge is 0.341 e. The number of hydrogen-bond acceptors (Lipinski definition) is 7. The number of piperidine rings is 1. The minimum Gasteiger partial charge on any atom is -0.341 e. The van der Waals surface area contributed by atoms with Crippen molar-refractivity contribution in [2.75, 3.05) is 18.0 Å². The number of amides is 2. The molecule has 190 valence electrons. The fourth-order valence-corrected chi connectivity index (χ4v) is 6.11. The molecule has 0 radical (unpaired) electrons. The van der Waals surface area contributed by atoms with Gasteiger partial charge in [0.05, 0.1) is 35.1 Å². The van der Waals surface area contributed by atoms with E-state index in [2.05, 4.69) is 21.0 Å². The number of fused-ring (bicyclic) bond motifs is 3. The number of nitrogens with zero attached hydrogens (tertiary/aromatic N) is 6. The molecule has 3 aromatic heterocycles. The van der Waals surface area contributed by atoms with Crippen LogP contribution in [-0.4, -0.2) is 55.3 Å². The molecule has 5 heterocycles. The molecule has 1 saturated heterocycles. The topological polar surface area (TPSA) is 118 Å². The first-order chi connectivity index (χ1) is 18.5. The number of rotatable bonds is 4. The summed E-state index contributed by atoms with van der Waals surface area (Å²) in [5.74, 6) is 0.0476. The van der Waals surface area contributed by atoms with Gasteiger partial charge in [0, 0.05) is 54.4 Å². The Kier molecular flexibility index (Phi) is 5.06. The molecule has 1 saturated carbocycles. The second kappa shape index (κ2) is 8.39. The van der Waals surface area contributed by atoms with Gasteiger partial charge in [0.25, 0.3) is 0 Å². The first-order valence-corrected chi connectivity index (χ1v) is 13.0. The van der Waals surface area contributed by atoms with Crippen molar-refractivity contribution in [1.29, 1.82) is 0 Å². The lowest BCUT2D eigenvalue weighted by Crippen LogP contribution is -2.54. The predicted octanol–water partition coefficient (Wildman–Crippen LogP) is 2.99. The summed E-state index contributed by atoms with van der Waals surface area (Å²) in [5.41, 5.74) is 9.12. The van der Waals surface area contributed by atoms with E-state index in [1.165, 1.54) is 6.33 Å². The first-order valence-electron chi connectivity index (χ1n) is 13.0. The molecule has 2 amide bonds. The van der Waals surface area contributed by atoms with Crippen molar-refractivity contribution in [1.82, 2.24) is 24.8 Å². The van der Waals surface area contributed by atoms with Gasteiger partial charge in [-0.3, -0.25) is 19.6 Å². The van der Waals surface area contributed by atoms with Crippen molar-refractivity contribution < 1.29 is 9.59 Å². The molecule has 0 atom stereocenters. The maximum absolute atomic E-state index is 14.3. The van der Waals surface area contributed by atoms with Gasteiger partial charge in [-0.2, -0.15) is 0 Å². The average Bonchev–Trinajstić information content (AvgIpc) is 3.69. The van der Waals surface area contributed by atoms with Crippen molar-refractivity contribution in [3.63, 3.8) is 0 Å². The van der Waals surface area contributed by atoms with E-state index in [-0.39, 0.29) is 11.8 Å². The number of carbonyl (C=O) groups excluding carboxylic acids is 2. The summed E-state index contributed by atoms with van der Waals surface area (Å²) < 4.78 is 0. The van der Waals surface area contributed by atoms with Crippen LogP contribution in [0.2, 0.25) is 0 Å². The molecule has 7 rings (SSSR count). The van der Waals surface area contributed by atoms with E-state index >= 15 is 0 Å². The van der Waals surface area contributed by atoms with Gasteiger partial charge in [-0.1, -0.05) is 24.3 Å².